The first-order chi connectivity index (χ1) is 4.93. The lowest BCUT2D eigenvalue weighted by atomic mass is 10.4. The molecule has 3 heteroatoms. The summed E-state index contributed by atoms with van der Waals surface area (Å²) in [6.07, 6.45) is 2.05. The molecular weight excluding hydrogens is 140 g/mol. The highest BCUT2D eigenvalue weighted by Crippen LogP contribution is 1.91. The molecule has 0 amide bonds. The number of piperazine rings is 1. The molecule has 1 aliphatic rings. The molecule has 0 atom stereocenters. The van der Waals surface area contributed by atoms with E-state index in [1.165, 1.54) is 32.2 Å². The zero-order valence-electron chi connectivity index (χ0n) is 6.47. The van der Waals surface area contributed by atoms with Gasteiger partial charge in [-0.2, -0.15) is 0 Å². The molecule has 0 saturated carbocycles. The third-order valence-corrected chi connectivity index (χ3v) is 3.79. The molecule has 1 aliphatic heterocycles. The molecule has 2 nitrogen and oxygen atoms in total. The van der Waals surface area contributed by atoms with Gasteiger partial charge in [0, 0.05) is 26.2 Å². The smallest absolute Gasteiger partial charge is 0.0988 e. The van der Waals surface area contributed by atoms with E-state index in [-0.39, 0.29) is 9.68 Å². The molecule has 0 unspecified atom stereocenters. The average Bonchev–Trinajstić information content (AvgIpc) is 2.03. The van der Waals surface area contributed by atoms with E-state index in [0.29, 0.717) is 0 Å². The zero-order valence-corrected chi connectivity index (χ0v) is 7.89. The molecule has 1 fully saturated rings. The summed E-state index contributed by atoms with van der Waals surface area (Å²) in [6.45, 7) is 8.63. The first-order valence-electron chi connectivity index (χ1n) is 3.97. The van der Waals surface area contributed by atoms with Gasteiger partial charge in [0.2, 0.25) is 0 Å². The Kier molecular flexibility index (Phi) is 3.71. The molecule has 0 aromatic rings. The summed E-state index contributed by atoms with van der Waals surface area (Å²) in [5.74, 6) is 0. The van der Waals surface area contributed by atoms with E-state index in [1.807, 2.05) is 6.08 Å². The topological polar surface area (TPSA) is 15.3 Å². The second kappa shape index (κ2) is 4.66. The minimum absolute atomic E-state index is 0.0408. The molecule has 10 heavy (non-hydrogen) atoms. The minimum Gasteiger partial charge on any atom is -0.326 e. The van der Waals surface area contributed by atoms with Gasteiger partial charge in [-0.3, -0.25) is 0 Å². The van der Waals surface area contributed by atoms with Crippen LogP contribution < -0.4 is 5.32 Å². The number of rotatable bonds is 3. The maximum absolute atomic E-state index is 3.74. The van der Waals surface area contributed by atoms with Gasteiger partial charge in [0.25, 0.3) is 0 Å². The van der Waals surface area contributed by atoms with E-state index in [0.717, 1.165) is 0 Å². The average molecular weight is 156 g/mol. The summed E-state index contributed by atoms with van der Waals surface area (Å²) in [7, 11) is 0.0408. The molecule has 1 heterocycles. The summed E-state index contributed by atoms with van der Waals surface area (Å²) >= 11 is 0. The first-order valence-corrected chi connectivity index (χ1v) is 5.60. The number of allylic oxidation sites excluding steroid dienone is 1. The molecule has 0 bridgehead atoms. The van der Waals surface area contributed by atoms with Crippen LogP contribution in [0, 0.1) is 0 Å². The van der Waals surface area contributed by atoms with Crippen LogP contribution in [0.3, 0.4) is 0 Å². The summed E-state index contributed by atoms with van der Waals surface area (Å²) < 4.78 is 2.61. The molecule has 1 N–H and O–H groups in total. The van der Waals surface area contributed by atoms with Gasteiger partial charge in [-0.1, -0.05) is 6.08 Å². The summed E-state index contributed by atoms with van der Waals surface area (Å²) in [6, 6.07) is 1.26. The highest BCUT2D eigenvalue weighted by molar-refractivity contribution is 6.32. The molecule has 0 spiro atoms. The SMILES string of the molecule is C=CC[SiH2]N1CCNCC1. The monoisotopic (exact) mass is 156 g/mol. The van der Waals surface area contributed by atoms with Crippen LogP contribution in [-0.2, 0) is 0 Å². The molecule has 0 aliphatic carbocycles. The normalized spacial score (nSPS) is 22.0. The van der Waals surface area contributed by atoms with Crippen LogP contribution in [0.1, 0.15) is 0 Å². The van der Waals surface area contributed by atoms with Gasteiger partial charge in [-0.05, 0) is 6.04 Å². The van der Waals surface area contributed by atoms with E-state index >= 15 is 0 Å². The number of nitrogens with zero attached hydrogens (tertiary/aromatic N) is 1. The Bertz CT molecular complexity index is 99.8. The molecule has 1 saturated heterocycles. The van der Waals surface area contributed by atoms with Gasteiger partial charge < -0.3 is 9.88 Å². The maximum Gasteiger partial charge on any atom is 0.0988 e. The van der Waals surface area contributed by atoms with Crippen LogP contribution in [0.15, 0.2) is 12.7 Å². The Morgan fingerprint density at radius 1 is 1.50 bits per heavy atom. The van der Waals surface area contributed by atoms with Crippen LogP contribution in [0.2, 0.25) is 6.04 Å². The van der Waals surface area contributed by atoms with Gasteiger partial charge in [0.05, 0.1) is 9.68 Å². The summed E-state index contributed by atoms with van der Waals surface area (Å²) in [5, 5.41) is 3.35. The fourth-order valence-electron chi connectivity index (χ4n) is 1.21. The fraction of sp³-hybridized carbons (Fsp3) is 0.714. The van der Waals surface area contributed by atoms with Gasteiger partial charge in [-0.25, -0.2) is 0 Å². The quantitative estimate of drug-likeness (QED) is 0.441. The molecule has 0 aromatic carbocycles. The van der Waals surface area contributed by atoms with Crippen molar-refractivity contribution in [3.05, 3.63) is 12.7 Å². The predicted molar refractivity (Wildman–Crippen MR) is 48.0 cm³/mol. The Morgan fingerprint density at radius 3 is 2.80 bits per heavy atom. The van der Waals surface area contributed by atoms with Crippen LogP contribution in [0.4, 0.5) is 0 Å². The number of hydrogen-bond acceptors (Lipinski definition) is 2. The van der Waals surface area contributed by atoms with Crippen molar-refractivity contribution in [2.45, 2.75) is 6.04 Å². The molecule has 58 valence electrons. The second-order valence-corrected chi connectivity index (χ2v) is 4.59. The Morgan fingerprint density at radius 2 is 2.20 bits per heavy atom. The molecule has 0 radical (unpaired) electrons. The molecular formula is C7H16N2Si. The van der Waals surface area contributed by atoms with Crippen molar-refractivity contribution < 1.29 is 0 Å². The van der Waals surface area contributed by atoms with Gasteiger partial charge >= 0.3 is 0 Å². The third-order valence-electron chi connectivity index (χ3n) is 1.86. The minimum atomic E-state index is 0.0408. The number of nitrogens with one attached hydrogen (secondary N) is 1. The van der Waals surface area contributed by atoms with Crippen molar-refractivity contribution in [3.63, 3.8) is 0 Å². The van der Waals surface area contributed by atoms with E-state index in [9.17, 15) is 0 Å². The van der Waals surface area contributed by atoms with Gasteiger partial charge in [0.15, 0.2) is 0 Å². The predicted octanol–water partition coefficient (Wildman–Crippen LogP) is -0.420. The lowest BCUT2D eigenvalue weighted by molar-refractivity contribution is 0.376. The van der Waals surface area contributed by atoms with Crippen LogP contribution >= 0.6 is 0 Å². The standard InChI is InChI=1S/C7H16N2Si/c1-2-7-10-9-5-3-8-4-6-9/h2,8H,1,3-7,10H2. The first kappa shape index (κ1) is 7.98. The van der Waals surface area contributed by atoms with Crippen molar-refractivity contribution in [2.24, 2.45) is 0 Å². The van der Waals surface area contributed by atoms with Gasteiger partial charge in [-0.15, -0.1) is 6.58 Å². The Hall–Kier alpha value is -0.123. The Labute approximate surface area is 65.2 Å². The lowest BCUT2D eigenvalue weighted by Crippen LogP contribution is -2.44. The van der Waals surface area contributed by atoms with E-state index in [1.54, 1.807) is 0 Å². The highest BCUT2D eigenvalue weighted by atomic mass is 28.2. The van der Waals surface area contributed by atoms with E-state index in [2.05, 4.69) is 16.5 Å². The van der Waals surface area contributed by atoms with E-state index < -0.39 is 0 Å². The van der Waals surface area contributed by atoms with Crippen molar-refractivity contribution in [3.8, 4) is 0 Å². The highest BCUT2D eigenvalue weighted by Gasteiger charge is 2.06. The van der Waals surface area contributed by atoms with Crippen molar-refractivity contribution in [1.29, 1.82) is 0 Å². The van der Waals surface area contributed by atoms with E-state index in [4.69, 9.17) is 0 Å². The Balaban J connectivity index is 2.07. The van der Waals surface area contributed by atoms with Crippen LogP contribution in [-0.4, -0.2) is 40.4 Å². The third kappa shape index (κ3) is 2.64. The van der Waals surface area contributed by atoms with Gasteiger partial charge in [0.1, 0.15) is 0 Å². The van der Waals surface area contributed by atoms with Crippen molar-refractivity contribution in [2.75, 3.05) is 26.2 Å². The molecule has 1 rings (SSSR count). The zero-order chi connectivity index (χ0) is 7.23. The van der Waals surface area contributed by atoms with Crippen molar-refractivity contribution >= 4 is 9.68 Å². The summed E-state index contributed by atoms with van der Waals surface area (Å²) in [5.41, 5.74) is 0. The number of hydrogen-bond donors (Lipinski definition) is 1. The van der Waals surface area contributed by atoms with Crippen LogP contribution in [0.25, 0.3) is 0 Å². The summed E-state index contributed by atoms with van der Waals surface area (Å²) in [4.78, 5) is 0. The molecule has 0 aromatic heterocycles. The lowest BCUT2D eigenvalue weighted by Gasteiger charge is -2.26. The largest absolute Gasteiger partial charge is 0.326 e. The fourth-order valence-corrected chi connectivity index (χ4v) is 2.52. The van der Waals surface area contributed by atoms with Crippen LogP contribution in [0.5, 0.6) is 0 Å². The van der Waals surface area contributed by atoms with Crippen molar-refractivity contribution in [1.82, 2.24) is 9.88 Å². The second-order valence-electron chi connectivity index (χ2n) is 2.67. The maximum atomic E-state index is 3.74.